The van der Waals surface area contributed by atoms with E-state index >= 15 is 8.78 Å². The van der Waals surface area contributed by atoms with E-state index < -0.39 is 23.4 Å². The lowest BCUT2D eigenvalue weighted by Crippen LogP contribution is -2.46. The molecule has 1 aliphatic heterocycles. The number of benzene rings is 1. The van der Waals surface area contributed by atoms with E-state index in [1.54, 1.807) is 33.2 Å². The van der Waals surface area contributed by atoms with Crippen molar-refractivity contribution in [2.45, 2.75) is 20.4 Å². The second-order valence-corrected chi connectivity index (χ2v) is 8.15. The number of aryl methyl sites for hydroxylation is 1. The second-order valence-electron chi connectivity index (χ2n) is 8.15. The molecular formula is C25H25F2N7O3. The Labute approximate surface area is 212 Å². The monoisotopic (exact) mass is 509 g/mol. The molecule has 2 N–H and O–H groups in total. The Kier molecular flexibility index (Phi) is 7.00. The molecule has 0 radical (unpaired) electrons. The number of carbonyl (C=O) groups excluding carboxylic acids is 1. The van der Waals surface area contributed by atoms with Gasteiger partial charge in [-0.1, -0.05) is 0 Å². The van der Waals surface area contributed by atoms with E-state index in [2.05, 4.69) is 20.3 Å². The van der Waals surface area contributed by atoms with Gasteiger partial charge in [-0.2, -0.15) is 0 Å². The number of nitrogens with one attached hydrogen (secondary N) is 2. The fourth-order valence-electron chi connectivity index (χ4n) is 3.99. The maximum absolute atomic E-state index is 15.4. The molecule has 2 aromatic heterocycles. The minimum Gasteiger partial charge on any atom is -0.493 e. The van der Waals surface area contributed by atoms with Crippen molar-refractivity contribution in [3.63, 3.8) is 0 Å². The number of nitrogens with zero attached hydrogens (tertiary/aromatic N) is 5. The van der Waals surface area contributed by atoms with E-state index in [0.29, 0.717) is 28.2 Å². The predicted octanol–water partition coefficient (Wildman–Crippen LogP) is 4.35. The molecule has 1 aliphatic rings. The minimum absolute atomic E-state index is 0.148. The van der Waals surface area contributed by atoms with Crippen LogP contribution in [0.5, 0.6) is 11.5 Å². The summed E-state index contributed by atoms with van der Waals surface area (Å²) < 4.78 is 40.9. The molecule has 0 spiro atoms. The fraction of sp³-hybridized carbons (Fsp3) is 0.240. The second kappa shape index (κ2) is 10.2. The number of rotatable bonds is 7. The highest BCUT2D eigenvalue weighted by Crippen LogP contribution is 2.42. The van der Waals surface area contributed by atoms with Gasteiger partial charge in [0, 0.05) is 48.6 Å². The smallest absolute Gasteiger partial charge is 0.335 e. The van der Waals surface area contributed by atoms with E-state index in [1.807, 2.05) is 0 Å². The van der Waals surface area contributed by atoms with Gasteiger partial charge in [-0.3, -0.25) is 14.9 Å². The van der Waals surface area contributed by atoms with Crippen molar-refractivity contribution in [3.8, 4) is 11.5 Å². The van der Waals surface area contributed by atoms with Gasteiger partial charge in [0.1, 0.15) is 5.69 Å². The van der Waals surface area contributed by atoms with Crippen molar-refractivity contribution >= 4 is 34.5 Å². The van der Waals surface area contributed by atoms with Gasteiger partial charge in [0.25, 0.3) is 0 Å². The average molecular weight is 510 g/mol. The number of hydrogen-bond acceptors (Lipinski definition) is 8. The third-order valence-corrected chi connectivity index (χ3v) is 5.71. The van der Waals surface area contributed by atoms with Gasteiger partial charge in [0.15, 0.2) is 29.0 Å². The molecule has 12 heteroatoms. The van der Waals surface area contributed by atoms with Gasteiger partial charge >= 0.3 is 6.03 Å². The number of ether oxygens (including phenoxy) is 2. The predicted molar refractivity (Wildman–Crippen MR) is 135 cm³/mol. The third-order valence-electron chi connectivity index (χ3n) is 5.71. The molecule has 1 aromatic carbocycles. The normalized spacial score (nSPS) is 13.4. The van der Waals surface area contributed by atoms with Crippen molar-refractivity contribution in [3.05, 3.63) is 65.5 Å². The first kappa shape index (κ1) is 25.5. The zero-order valence-electron chi connectivity index (χ0n) is 20.9. The standard InChI is InChI=1S/C25H25F2N7O3/c1-13-8-30-11-21(32-13)34-18-6-17(16(10-29-3)14(2)28)31-9-15(18)12-33(25(34)35)24-22(26)19(36-4)7-20(37-5)23(24)27/h6-11,28-29H,12H2,1-5H3/b16-10+,28-14?. The van der Waals surface area contributed by atoms with Crippen LogP contribution in [0.1, 0.15) is 23.9 Å². The van der Waals surface area contributed by atoms with Crippen LogP contribution in [0.3, 0.4) is 0 Å². The summed E-state index contributed by atoms with van der Waals surface area (Å²) in [7, 11) is 4.16. The van der Waals surface area contributed by atoms with E-state index in [1.165, 1.54) is 37.7 Å². The number of pyridine rings is 1. The number of urea groups is 1. The first-order chi connectivity index (χ1) is 17.7. The van der Waals surface area contributed by atoms with Gasteiger partial charge in [-0.25, -0.2) is 23.5 Å². The number of methoxy groups -OCH3 is 2. The summed E-state index contributed by atoms with van der Waals surface area (Å²) in [6.45, 7) is 3.12. The van der Waals surface area contributed by atoms with E-state index in [4.69, 9.17) is 14.9 Å². The number of fused-ring (bicyclic) bond motifs is 1. The number of anilines is 3. The average Bonchev–Trinajstić information content (AvgIpc) is 2.87. The highest BCUT2D eigenvalue weighted by atomic mass is 19.1. The summed E-state index contributed by atoms with van der Waals surface area (Å²) in [5, 5.41) is 11.0. The van der Waals surface area contributed by atoms with Crippen molar-refractivity contribution in [2.24, 2.45) is 0 Å². The third kappa shape index (κ3) is 4.53. The Morgan fingerprint density at radius 1 is 1.14 bits per heavy atom. The van der Waals surface area contributed by atoms with E-state index in [-0.39, 0.29) is 29.6 Å². The van der Waals surface area contributed by atoms with Crippen molar-refractivity contribution < 1.29 is 23.0 Å². The molecule has 0 unspecified atom stereocenters. The Hall–Kier alpha value is -4.61. The van der Waals surface area contributed by atoms with Crippen molar-refractivity contribution in [2.75, 3.05) is 31.1 Å². The van der Waals surface area contributed by atoms with Gasteiger partial charge < -0.3 is 20.2 Å². The van der Waals surface area contributed by atoms with Crippen LogP contribution < -0.4 is 24.6 Å². The molecule has 2 amide bonds. The van der Waals surface area contributed by atoms with Crippen LogP contribution in [0.2, 0.25) is 0 Å². The van der Waals surface area contributed by atoms with E-state index in [0.717, 1.165) is 11.0 Å². The summed E-state index contributed by atoms with van der Waals surface area (Å²) in [6, 6.07) is 1.93. The molecule has 10 nitrogen and oxygen atoms in total. The number of carbonyl (C=O) groups is 1. The number of amides is 2. The van der Waals surface area contributed by atoms with Crippen LogP contribution in [-0.2, 0) is 6.54 Å². The number of halogens is 2. The molecule has 0 saturated heterocycles. The Morgan fingerprint density at radius 2 is 1.81 bits per heavy atom. The van der Waals surface area contributed by atoms with Gasteiger partial charge in [0.05, 0.1) is 44.0 Å². The van der Waals surface area contributed by atoms with Crippen LogP contribution in [0.15, 0.2) is 36.9 Å². The lowest BCUT2D eigenvalue weighted by Gasteiger charge is -2.36. The Bertz CT molecular complexity index is 1400. The van der Waals surface area contributed by atoms with Crippen LogP contribution in [-0.4, -0.2) is 48.0 Å². The molecule has 0 atom stereocenters. The zero-order chi connectivity index (χ0) is 26.9. The molecule has 3 aromatic rings. The highest BCUT2D eigenvalue weighted by molar-refractivity contribution is 6.21. The van der Waals surface area contributed by atoms with Crippen LogP contribution in [0, 0.1) is 24.0 Å². The number of allylic oxidation sites excluding steroid dienone is 1. The summed E-state index contributed by atoms with van der Waals surface area (Å²) >= 11 is 0. The van der Waals surface area contributed by atoms with Crippen molar-refractivity contribution in [1.29, 1.82) is 5.41 Å². The SMILES string of the molecule is CN/C=C(\C(C)=N)c1cc2c(cn1)CN(c1c(F)c(OC)cc(OC)c1F)C(=O)N2c1cncc(C)n1. The lowest BCUT2D eigenvalue weighted by molar-refractivity contribution is 0.251. The summed E-state index contributed by atoms with van der Waals surface area (Å²) in [6.07, 6.45) is 6.02. The van der Waals surface area contributed by atoms with Crippen molar-refractivity contribution in [1.82, 2.24) is 20.3 Å². The topological polar surface area (TPSA) is 117 Å². The maximum atomic E-state index is 15.4. The zero-order valence-corrected chi connectivity index (χ0v) is 20.9. The fourth-order valence-corrected chi connectivity index (χ4v) is 3.99. The molecule has 4 rings (SSSR count). The van der Waals surface area contributed by atoms with Gasteiger partial charge in [0.2, 0.25) is 0 Å². The molecule has 37 heavy (non-hydrogen) atoms. The molecule has 0 saturated carbocycles. The molecule has 0 bridgehead atoms. The number of aromatic nitrogens is 3. The van der Waals surface area contributed by atoms with Gasteiger partial charge in [-0.05, 0) is 19.9 Å². The van der Waals surface area contributed by atoms with E-state index in [9.17, 15) is 4.79 Å². The summed E-state index contributed by atoms with van der Waals surface area (Å²) in [5.74, 6) is -2.54. The minimum atomic E-state index is -1.06. The maximum Gasteiger partial charge on any atom is 0.335 e. The summed E-state index contributed by atoms with van der Waals surface area (Å²) in [4.78, 5) is 29.1. The van der Waals surface area contributed by atoms with Crippen LogP contribution in [0.4, 0.5) is 30.8 Å². The molecule has 3 heterocycles. The highest BCUT2D eigenvalue weighted by Gasteiger charge is 2.38. The Morgan fingerprint density at radius 3 is 2.38 bits per heavy atom. The van der Waals surface area contributed by atoms with Gasteiger partial charge in [-0.15, -0.1) is 0 Å². The largest absolute Gasteiger partial charge is 0.493 e. The Balaban J connectivity index is 1.96. The molecule has 0 fully saturated rings. The molecular weight excluding hydrogens is 484 g/mol. The van der Waals surface area contributed by atoms with Crippen LogP contribution in [0.25, 0.3) is 5.57 Å². The first-order valence-corrected chi connectivity index (χ1v) is 11.1. The quantitative estimate of drug-likeness (QED) is 0.455. The number of hydrogen-bond donors (Lipinski definition) is 2. The lowest BCUT2D eigenvalue weighted by atomic mass is 10.0. The van der Waals surface area contributed by atoms with Crippen LogP contribution >= 0.6 is 0 Å². The molecule has 0 aliphatic carbocycles. The first-order valence-electron chi connectivity index (χ1n) is 11.1. The summed E-state index contributed by atoms with van der Waals surface area (Å²) in [5.41, 5.74) is 1.96. The molecule has 192 valence electrons.